The van der Waals surface area contributed by atoms with E-state index in [1.54, 1.807) is 0 Å². The van der Waals surface area contributed by atoms with Gasteiger partial charge < -0.3 is 20.2 Å². The lowest BCUT2D eigenvalue weighted by molar-refractivity contribution is -0.126. The highest BCUT2D eigenvalue weighted by atomic mass is 32.2. The van der Waals surface area contributed by atoms with Crippen molar-refractivity contribution in [1.82, 2.24) is 10.6 Å². The van der Waals surface area contributed by atoms with E-state index in [2.05, 4.69) is 15.8 Å². The molecular weight excluding hydrogens is 358 g/mol. The van der Waals surface area contributed by atoms with Crippen LogP contribution in [0.15, 0.2) is 5.16 Å². The third-order valence-electron chi connectivity index (χ3n) is 5.23. The lowest BCUT2D eigenvalue weighted by atomic mass is 9.85. The maximum Gasteiger partial charge on any atom is 0.243 e. The molecule has 0 aromatic heterocycles. The quantitative estimate of drug-likeness (QED) is 0.668. The predicted octanol–water partition coefficient (Wildman–Crippen LogP) is 0.823. The van der Waals surface area contributed by atoms with E-state index in [1.807, 2.05) is 20.9 Å². The highest BCUT2D eigenvalue weighted by molar-refractivity contribution is 7.94. The molecule has 0 aromatic rings. The molecule has 2 N–H and O–H groups in total. The molecule has 26 heavy (non-hydrogen) atoms. The molecule has 1 amide bonds. The average Bonchev–Trinajstić information content (AvgIpc) is 3.05. The highest BCUT2D eigenvalue weighted by Crippen LogP contribution is 2.29. The monoisotopic (exact) mass is 389 g/mol. The summed E-state index contributed by atoms with van der Waals surface area (Å²) in [6.45, 7) is 8.52. The fraction of sp³-hybridized carbons (Fsp3) is 0.882. The Labute approximate surface area is 156 Å². The molecule has 2 aliphatic rings. The summed E-state index contributed by atoms with van der Waals surface area (Å²) in [6.07, 6.45) is 0.640. The third-order valence-corrected chi connectivity index (χ3v) is 8.18. The first-order valence-electron chi connectivity index (χ1n) is 9.02. The first-order chi connectivity index (χ1) is 12.0. The second-order valence-corrected chi connectivity index (χ2v) is 10.9. The summed E-state index contributed by atoms with van der Waals surface area (Å²) in [7, 11) is -1.79. The SMILES string of the molecule is CNCC(C)(C)C1=NOC(NC(=O)C(C)(C)S(=O)(=O)C2CCOCC2)C1. The number of hydrogen-bond acceptors (Lipinski definition) is 7. The molecule has 1 fully saturated rings. The molecule has 1 saturated heterocycles. The van der Waals surface area contributed by atoms with Crippen LogP contribution in [0.1, 0.15) is 47.0 Å². The summed E-state index contributed by atoms with van der Waals surface area (Å²) < 4.78 is 29.6. The van der Waals surface area contributed by atoms with Gasteiger partial charge in [-0.05, 0) is 33.7 Å². The average molecular weight is 390 g/mol. The summed E-state index contributed by atoms with van der Waals surface area (Å²) >= 11 is 0. The number of nitrogens with zero attached hydrogens (tertiary/aromatic N) is 1. The first kappa shape index (κ1) is 21.1. The Morgan fingerprint density at radius 2 is 1.85 bits per heavy atom. The van der Waals surface area contributed by atoms with Crippen molar-refractivity contribution >= 4 is 21.5 Å². The van der Waals surface area contributed by atoms with Crippen LogP contribution in [0.5, 0.6) is 0 Å². The summed E-state index contributed by atoms with van der Waals surface area (Å²) in [4.78, 5) is 18.1. The van der Waals surface area contributed by atoms with Gasteiger partial charge in [-0.1, -0.05) is 19.0 Å². The molecule has 2 rings (SSSR count). The summed E-state index contributed by atoms with van der Waals surface area (Å²) in [5.74, 6) is -0.558. The molecule has 0 aliphatic carbocycles. The van der Waals surface area contributed by atoms with Crippen molar-refractivity contribution in [2.75, 3.05) is 26.8 Å². The Morgan fingerprint density at radius 3 is 2.42 bits per heavy atom. The number of ether oxygens (including phenoxy) is 1. The van der Waals surface area contributed by atoms with Gasteiger partial charge in [0, 0.05) is 31.6 Å². The maximum atomic E-state index is 12.9. The number of hydrogen-bond donors (Lipinski definition) is 2. The Bertz CT molecular complexity index is 651. The van der Waals surface area contributed by atoms with Crippen molar-refractivity contribution < 1.29 is 22.8 Å². The van der Waals surface area contributed by atoms with E-state index < -0.39 is 32.0 Å². The molecule has 0 radical (unpaired) electrons. The zero-order valence-corrected chi connectivity index (χ0v) is 17.1. The van der Waals surface area contributed by atoms with Crippen LogP contribution in [-0.4, -0.2) is 63.1 Å². The predicted molar refractivity (Wildman–Crippen MR) is 99.6 cm³/mol. The van der Waals surface area contributed by atoms with Crippen LogP contribution in [0.3, 0.4) is 0 Å². The molecule has 1 atom stereocenters. The van der Waals surface area contributed by atoms with Gasteiger partial charge in [0.15, 0.2) is 9.84 Å². The molecule has 0 bridgehead atoms. The lowest BCUT2D eigenvalue weighted by Gasteiger charge is -2.31. The molecule has 150 valence electrons. The number of sulfone groups is 1. The molecule has 0 spiro atoms. The number of carbonyl (C=O) groups is 1. The molecular formula is C17H31N3O5S. The number of oxime groups is 1. The Hall–Kier alpha value is -1.19. The molecule has 9 heteroatoms. The fourth-order valence-corrected chi connectivity index (χ4v) is 5.21. The molecule has 0 aromatic carbocycles. The minimum absolute atomic E-state index is 0.210. The van der Waals surface area contributed by atoms with Gasteiger partial charge in [0.05, 0.1) is 11.0 Å². The maximum absolute atomic E-state index is 12.9. The van der Waals surface area contributed by atoms with E-state index in [4.69, 9.17) is 9.57 Å². The van der Waals surface area contributed by atoms with Crippen LogP contribution in [-0.2, 0) is 24.2 Å². The lowest BCUT2D eigenvalue weighted by Crippen LogP contribution is -2.54. The van der Waals surface area contributed by atoms with Gasteiger partial charge >= 0.3 is 0 Å². The van der Waals surface area contributed by atoms with Gasteiger partial charge in [0.1, 0.15) is 4.75 Å². The standard InChI is InChI=1S/C17H31N3O5S/c1-16(2,11-18-5)13-10-14(25-20-13)19-15(21)17(3,4)26(22,23)12-6-8-24-9-7-12/h12,14,18H,6-11H2,1-5H3,(H,19,21). The van der Waals surface area contributed by atoms with E-state index >= 15 is 0 Å². The van der Waals surface area contributed by atoms with Crippen LogP contribution in [0.25, 0.3) is 0 Å². The van der Waals surface area contributed by atoms with Gasteiger partial charge in [-0.3, -0.25) is 4.79 Å². The minimum Gasteiger partial charge on any atom is -0.381 e. The van der Waals surface area contributed by atoms with E-state index in [-0.39, 0.29) is 5.41 Å². The summed E-state index contributed by atoms with van der Waals surface area (Å²) in [5.41, 5.74) is 0.625. The minimum atomic E-state index is -3.65. The zero-order valence-electron chi connectivity index (χ0n) is 16.3. The highest BCUT2D eigenvalue weighted by Gasteiger charge is 2.47. The Kier molecular flexibility index (Phi) is 6.35. The van der Waals surface area contributed by atoms with Crippen LogP contribution < -0.4 is 10.6 Å². The van der Waals surface area contributed by atoms with Gasteiger partial charge in [0.2, 0.25) is 12.1 Å². The molecule has 2 heterocycles. The van der Waals surface area contributed by atoms with Crippen LogP contribution in [0.4, 0.5) is 0 Å². The van der Waals surface area contributed by atoms with Gasteiger partial charge in [-0.15, -0.1) is 0 Å². The summed E-state index contributed by atoms with van der Waals surface area (Å²) in [6, 6.07) is 0. The van der Waals surface area contributed by atoms with E-state index in [9.17, 15) is 13.2 Å². The fourth-order valence-electron chi connectivity index (χ4n) is 3.25. The van der Waals surface area contributed by atoms with Crippen LogP contribution >= 0.6 is 0 Å². The van der Waals surface area contributed by atoms with Gasteiger partial charge in [-0.2, -0.15) is 0 Å². The topological polar surface area (TPSA) is 106 Å². The van der Waals surface area contributed by atoms with E-state index in [0.29, 0.717) is 32.5 Å². The molecule has 0 saturated carbocycles. The van der Waals surface area contributed by atoms with E-state index in [1.165, 1.54) is 13.8 Å². The van der Waals surface area contributed by atoms with Gasteiger partial charge in [-0.25, -0.2) is 8.42 Å². The largest absolute Gasteiger partial charge is 0.381 e. The van der Waals surface area contributed by atoms with Crippen molar-refractivity contribution in [3.63, 3.8) is 0 Å². The van der Waals surface area contributed by atoms with Crippen molar-refractivity contribution in [3.05, 3.63) is 0 Å². The normalized spacial score (nSPS) is 22.7. The van der Waals surface area contributed by atoms with Crippen molar-refractivity contribution in [2.45, 2.75) is 63.2 Å². The number of nitrogens with one attached hydrogen (secondary N) is 2. The molecule has 8 nitrogen and oxygen atoms in total. The second kappa shape index (κ2) is 7.82. The Balaban J connectivity index is 2.01. The van der Waals surface area contributed by atoms with Crippen molar-refractivity contribution in [2.24, 2.45) is 10.6 Å². The van der Waals surface area contributed by atoms with Crippen LogP contribution in [0.2, 0.25) is 0 Å². The second-order valence-electron chi connectivity index (χ2n) is 8.09. The molecule has 2 aliphatic heterocycles. The third kappa shape index (κ3) is 4.20. The number of rotatable bonds is 7. The van der Waals surface area contributed by atoms with Crippen molar-refractivity contribution in [3.8, 4) is 0 Å². The van der Waals surface area contributed by atoms with E-state index in [0.717, 1.165) is 12.3 Å². The van der Waals surface area contributed by atoms with Crippen LogP contribution in [0, 0.1) is 5.41 Å². The zero-order chi connectivity index (χ0) is 19.6. The summed E-state index contributed by atoms with van der Waals surface area (Å²) in [5, 5.41) is 9.35. The van der Waals surface area contributed by atoms with Crippen molar-refractivity contribution in [1.29, 1.82) is 0 Å². The first-order valence-corrected chi connectivity index (χ1v) is 10.6. The van der Waals surface area contributed by atoms with Gasteiger partial charge in [0.25, 0.3) is 0 Å². The number of amides is 1. The smallest absolute Gasteiger partial charge is 0.243 e. The molecule has 1 unspecified atom stereocenters. The number of carbonyl (C=O) groups excluding carboxylic acids is 1. The Morgan fingerprint density at radius 1 is 1.23 bits per heavy atom.